The van der Waals surface area contributed by atoms with Crippen molar-refractivity contribution in [2.45, 2.75) is 120 Å². The smallest absolute Gasteiger partial charge is 0.187 e. The summed E-state index contributed by atoms with van der Waals surface area (Å²) in [4.78, 5) is 0. The van der Waals surface area contributed by atoms with Gasteiger partial charge in [-0.15, -0.1) is 6.58 Å². The third-order valence-electron chi connectivity index (χ3n) is 6.99. The van der Waals surface area contributed by atoms with Crippen molar-refractivity contribution in [3.63, 3.8) is 0 Å². The van der Waals surface area contributed by atoms with Gasteiger partial charge in [-0.2, -0.15) is 0 Å². The molecule has 11 nitrogen and oxygen atoms in total. The zero-order valence-electron chi connectivity index (χ0n) is 22.7. The molecule has 0 amide bonds. The van der Waals surface area contributed by atoms with Crippen molar-refractivity contribution in [2.24, 2.45) is 0 Å². The van der Waals surface area contributed by atoms with Crippen LogP contribution < -0.4 is 0 Å². The van der Waals surface area contributed by atoms with E-state index in [2.05, 4.69) is 12.7 Å². The van der Waals surface area contributed by atoms with Crippen LogP contribution in [-0.2, 0) is 18.9 Å². The molecule has 0 spiro atoms. The summed E-state index contributed by atoms with van der Waals surface area (Å²) in [6.07, 6.45) is -4.72. The van der Waals surface area contributed by atoms with Gasteiger partial charge in [0.2, 0.25) is 0 Å². The van der Waals surface area contributed by atoms with Gasteiger partial charge in [-0.05, 0) is 53.4 Å². The predicted molar refractivity (Wildman–Crippen MR) is 138 cm³/mol. The Morgan fingerprint density at radius 3 is 2.03 bits per heavy atom. The average Bonchev–Trinajstić information content (AvgIpc) is 2.87. The zero-order valence-corrected chi connectivity index (χ0v) is 22.7. The second kappa shape index (κ2) is 15.0. The Balaban J connectivity index is 1.83. The Bertz CT molecular complexity index is 798. The van der Waals surface area contributed by atoms with Crippen molar-refractivity contribution >= 4 is 0 Å². The Morgan fingerprint density at radius 2 is 1.39 bits per heavy atom. The van der Waals surface area contributed by atoms with Gasteiger partial charge in [-0.1, -0.05) is 29.4 Å². The summed E-state index contributed by atoms with van der Waals surface area (Å²) in [6, 6.07) is 0. The second-order valence-electron chi connectivity index (χ2n) is 10.6. The molecule has 0 aromatic rings. The van der Waals surface area contributed by atoms with E-state index in [0.29, 0.717) is 6.42 Å². The number of aliphatic hydroxyl groups is 7. The highest BCUT2D eigenvalue weighted by atomic mass is 16.7. The molecule has 0 bridgehead atoms. The van der Waals surface area contributed by atoms with Gasteiger partial charge in [-0.25, -0.2) is 0 Å². The van der Waals surface area contributed by atoms with Gasteiger partial charge in [0.25, 0.3) is 0 Å². The van der Waals surface area contributed by atoms with E-state index in [4.69, 9.17) is 18.9 Å². The fourth-order valence-corrected chi connectivity index (χ4v) is 4.17. The molecular formula is C27H46O11. The predicted octanol–water partition coefficient (Wildman–Crippen LogP) is 0.0447. The number of hydrogen-bond acceptors (Lipinski definition) is 11. The van der Waals surface area contributed by atoms with Crippen LogP contribution in [0.1, 0.15) is 53.4 Å². The SMILES string of the molecule is C=CC(C)(O)CC/C=C(\C)CC/C=C(\C)CO[C@@H]1O[C@H](CO[C@@H]2O[C@@H](C)[C@H](O)[C@@H](O)[C@H]2O)[C@@H](O)[C@H](O)[C@H]1O. The van der Waals surface area contributed by atoms with Gasteiger partial charge in [0.15, 0.2) is 12.6 Å². The van der Waals surface area contributed by atoms with E-state index in [1.54, 1.807) is 6.92 Å². The minimum Gasteiger partial charge on any atom is -0.388 e. The van der Waals surface area contributed by atoms with Crippen molar-refractivity contribution < 1.29 is 54.7 Å². The van der Waals surface area contributed by atoms with E-state index in [1.807, 2.05) is 19.9 Å². The number of allylic oxidation sites excluding steroid dienone is 3. The van der Waals surface area contributed by atoms with E-state index in [-0.39, 0.29) is 13.2 Å². The maximum atomic E-state index is 10.3. The minimum atomic E-state index is -1.56. The third kappa shape index (κ3) is 9.46. The molecule has 0 aliphatic carbocycles. The Kier molecular flexibility index (Phi) is 13.0. The highest BCUT2D eigenvalue weighted by Crippen LogP contribution is 2.26. The van der Waals surface area contributed by atoms with Crippen LogP contribution >= 0.6 is 0 Å². The third-order valence-corrected chi connectivity index (χ3v) is 6.99. The summed E-state index contributed by atoms with van der Waals surface area (Å²) in [6.45, 7) is 10.5. The molecule has 0 aromatic heterocycles. The standard InChI is InChI=1S/C27H46O11/c1-6-27(5,34)12-8-11-15(2)9-7-10-16(3)13-35-26-24(33)22(31)20(29)18(38-26)14-36-25-23(32)21(30)19(28)17(4)37-25/h6,10-11,17-26,28-34H,1,7-9,12-14H2,2-5H3/b15-11+,16-10+/t17-,18+,19-,20+,21+,22-,23+,24+,25+,26+,27?/m0/s1. The van der Waals surface area contributed by atoms with Crippen LogP contribution in [0, 0.1) is 0 Å². The molecule has 0 radical (unpaired) electrons. The van der Waals surface area contributed by atoms with Crippen molar-refractivity contribution in [1.82, 2.24) is 0 Å². The summed E-state index contributed by atoms with van der Waals surface area (Å²) in [5, 5.41) is 70.8. The maximum absolute atomic E-state index is 10.3. The molecule has 2 rings (SSSR count). The molecule has 2 aliphatic rings. The lowest BCUT2D eigenvalue weighted by molar-refractivity contribution is -0.327. The molecule has 0 saturated carbocycles. The first kappa shape index (κ1) is 33.0. The van der Waals surface area contributed by atoms with E-state index in [1.165, 1.54) is 18.6 Å². The van der Waals surface area contributed by atoms with E-state index < -0.39 is 67.0 Å². The minimum absolute atomic E-state index is 0.120. The summed E-state index contributed by atoms with van der Waals surface area (Å²) >= 11 is 0. The summed E-state index contributed by atoms with van der Waals surface area (Å²) < 4.78 is 22.1. The van der Waals surface area contributed by atoms with E-state index in [9.17, 15) is 35.7 Å². The summed E-state index contributed by atoms with van der Waals surface area (Å²) in [5.41, 5.74) is 1.21. The quantitative estimate of drug-likeness (QED) is 0.155. The van der Waals surface area contributed by atoms with Crippen molar-refractivity contribution in [3.8, 4) is 0 Å². The Hall–Kier alpha value is -1.22. The second-order valence-corrected chi connectivity index (χ2v) is 10.6. The molecule has 0 aromatic carbocycles. The molecule has 2 saturated heterocycles. The number of hydrogen-bond donors (Lipinski definition) is 7. The number of rotatable bonds is 13. The average molecular weight is 547 g/mol. The van der Waals surface area contributed by atoms with Crippen LogP contribution in [0.3, 0.4) is 0 Å². The van der Waals surface area contributed by atoms with Crippen LogP contribution in [0.2, 0.25) is 0 Å². The monoisotopic (exact) mass is 546 g/mol. The first-order valence-corrected chi connectivity index (χ1v) is 13.1. The van der Waals surface area contributed by atoms with Crippen LogP contribution in [0.5, 0.6) is 0 Å². The van der Waals surface area contributed by atoms with Gasteiger partial charge in [-0.3, -0.25) is 0 Å². The maximum Gasteiger partial charge on any atom is 0.187 e. The highest BCUT2D eigenvalue weighted by Gasteiger charge is 2.46. The molecule has 2 heterocycles. The number of ether oxygens (including phenoxy) is 4. The lowest BCUT2D eigenvalue weighted by Gasteiger charge is -2.42. The molecule has 2 fully saturated rings. The normalized spacial score (nSPS) is 38.6. The first-order valence-electron chi connectivity index (χ1n) is 13.1. The van der Waals surface area contributed by atoms with E-state index >= 15 is 0 Å². The lowest BCUT2D eigenvalue weighted by Crippen LogP contribution is -2.61. The van der Waals surface area contributed by atoms with Gasteiger partial charge in [0.1, 0.15) is 42.7 Å². The van der Waals surface area contributed by atoms with Crippen LogP contribution in [-0.4, -0.2) is 116 Å². The van der Waals surface area contributed by atoms with Gasteiger partial charge < -0.3 is 54.7 Å². The Labute approximate surface area is 224 Å². The highest BCUT2D eigenvalue weighted by molar-refractivity contribution is 5.05. The van der Waals surface area contributed by atoms with E-state index in [0.717, 1.165) is 24.8 Å². The molecule has 38 heavy (non-hydrogen) atoms. The van der Waals surface area contributed by atoms with Crippen molar-refractivity contribution in [1.29, 1.82) is 0 Å². The molecule has 2 aliphatic heterocycles. The molecule has 7 N–H and O–H groups in total. The first-order chi connectivity index (χ1) is 17.8. The summed E-state index contributed by atoms with van der Waals surface area (Å²) in [5.74, 6) is 0. The van der Waals surface area contributed by atoms with Crippen LogP contribution in [0.15, 0.2) is 36.0 Å². The Morgan fingerprint density at radius 1 is 0.816 bits per heavy atom. The molecule has 11 heteroatoms. The van der Waals surface area contributed by atoms with Crippen molar-refractivity contribution in [3.05, 3.63) is 36.0 Å². The molecule has 11 atom stereocenters. The lowest BCUT2D eigenvalue weighted by atomic mass is 9.98. The number of aliphatic hydroxyl groups excluding tert-OH is 6. The summed E-state index contributed by atoms with van der Waals surface area (Å²) in [7, 11) is 0. The fraction of sp³-hybridized carbons (Fsp3) is 0.778. The van der Waals surface area contributed by atoms with Gasteiger partial charge >= 0.3 is 0 Å². The molecular weight excluding hydrogens is 500 g/mol. The molecule has 220 valence electrons. The van der Waals surface area contributed by atoms with Gasteiger partial charge in [0.05, 0.1) is 24.9 Å². The topological polar surface area (TPSA) is 179 Å². The largest absolute Gasteiger partial charge is 0.388 e. The fourth-order valence-electron chi connectivity index (χ4n) is 4.17. The van der Waals surface area contributed by atoms with Crippen molar-refractivity contribution in [2.75, 3.05) is 13.2 Å². The van der Waals surface area contributed by atoms with Gasteiger partial charge in [0, 0.05) is 0 Å². The van der Waals surface area contributed by atoms with Crippen LogP contribution in [0.25, 0.3) is 0 Å². The zero-order chi connectivity index (χ0) is 28.6. The van der Waals surface area contributed by atoms with Crippen LogP contribution in [0.4, 0.5) is 0 Å². The molecule has 1 unspecified atom stereocenters.